The van der Waals surface area contributed by atoms with Crippen LogP contribution < -0.4 is 15.5 Å². The summed E-state index contributed by atoms with van der Waals surface area (Å²) >= 11 is 0. The first-order valence-electron chi connectivity index (χ1n) is 8.36. The van der Waals surface area contributed by atoms with E-state index >= 15 is 0 Å². The Morgan fingerprint density at radius 3 is 2.96 bits per heavy atom. The van der Waals surface area contributed by atoms with Crippen molar-refractivity contribution in [3.63, 3.8) is 0 Å². The highest BCUT2D eigenvalue weighted by Crippen LogP contribution is 2.28. The molecule has 0 saturated heterocycles. The molecule has 0 unspecified atom stereocenters. The zero-order valence-corrected chi connectivity index (χ0v) is 13.4. The Labute approximate surface area is 140 Å². The van der Waals surface area contributed by atoms with Gasteiger partial charge in [-0.25, -0.2) is 4.39 Å². The first-order valence-corrected chi connectivity index (χ1v) is 8.36. The second-order valence-electron chi connectivity index (χ2n) is 6.34. The van der Waals surface area contributed by atoms with Crippen LogP contribution in [0.3, 0.4) is 0 Å². The first kappa shape index (κ1) is 15.1. The van der Waals surface area contributed by atoms with Gasteiger partial charge in [0.25, 0.3) is 0 Å². The lowest BCUT2D eigenvalue weighted by atomic mass is 9.99. The number of nitrogens with one attached hydrogen (secondary N) is 2. The van der Waals surface area contributed by atoms with Gasteiger partial charge < -0.3 is 15.5 Å². The third-order valence-corrected chi connectivity index (χ3v) is 4.80. The van der Waals surface area contributed by atoms with Crippen molar-refractivity contribution in [1.82, 2.24) is 5.32 Å². The van der Waals surface area contributed by atoms with Crippen molar-refractivity contribution in [2.45, 2.75) is 19.4 Å². The highest BCUT2D eigenvalue weighted by atomic mass is 19.1. The van der Waals surface area contributed by atoms with Gasteiger partial charge in [0.05, 0.1) is 12.2 Å². The largest absolute Gasteiger partial charge is 0.362 e. The fourth-order valence-electron chi connectivity index (χ4n) is 3.56. The molecule has 0 fully saturated rings. The summed E-state index contributed by atoms with van der Waals surface area (Å²) in [5.41, 5.74) is 4.35. The van der Waals surface area contributed by atoms with E-state index < -0.39 is 0 Å². The summed E-state index contributed by atoms with van der Waals surface area (Å²) in [6.45, 7) is 2.52. The van der Waals surface area contributed by atoms with Crippen molar-refractivity contribution < 1.29 is 9.18 Å². The van der Waals surface area contributed by atoms with Crippen LogP contribution in [-0.4, -0.2) is 25.5 Å². The molecule has 0 spiro atoms. The number of benzene rings is 2. The van der Waals surface area contributed by atoms with Gasteiger partial charge in [0.1, 0.15) is 5.82 Å². The molecular weight excluding hydrogens is 305 g/mol. The molecule has 2 aromatic rings. The molecule has 124 valence electrons. The third-order valence-electron chi connectivity index (χ3n) is 4.80. The second-order valence-corrected chi connectivity index (χ2v) is 6.34. The number of nitrogens with zero attached hydrogens (tertiary/aromatic N) is 1. The predicted molar refractivity (Wildman–Crippen MR) is 92.8 cm³/mol. The number of hydrogen-bond acceptors (Lipinski definition) is 3. The molecule has 0 atom stereocenters. The molecule has 2 aliphatic heterocycles. The number of para-hydroxylation sites is 1. The fraction of sp³-hybridized carbons (Fsp3) is 0.316. The molecule has 24 heavy (non-hydrogen) atoms. The van der Waals surface area contributed by atoms with Crippen LogP contribution in [-0.2, 0) is 24.2 Å². The van der Waals surface area contributed by atoms with E-state index in [4.69, 9.17) is 0 Å². The molecule has 4 nitrogen and oxygen atoms in total. The molecular formula is C19H20FN3O. The Bertz CT molecular complexity index is 790. The summed E-state index contributed by atoms with van der Waals surface area (Å²) in [4.78, 5) is 14.4. The van der Waals surface area contributed by atoms with Crippen molar-refractivity contribution in [1.29, 1.82) is 0 Å². The van der Waals surface area contributed by atoms with Gasteiger partial charge in [-0.1, -0.05) is 24.3 Å². The van der Waals surface area contributed by atoms with Gasteiger partial charge in [0, 0.05) is 18.8 Å². The zero-order chi connectivity index (χ0) is 16.5. The van der Waals surface area contributed by atoms with Crippen molar-refractivity contribution >= 4 is 17.3 Å². The number of amides is 1. The summed E-state index contributed by atoms with van der Waals surface area (Å²) < 4.78 is 14.6. The average molecular weight is 325 g/mol. The molecule has 5 heteroatoms. The fourth-order valence-corrected chi connectivity index (χ4v) is 3.56. The van der Waals surface area contributed by atoms with Crippen LogP contribution in [0.4, 0.5) is 15.8 Å². The molecule has 2 aliphatic rings. The van der Waals surface area contributed by atoms with Crippen LogP contribution in [0.15, 0.2) is 36.4 Å². The Morgan fingerprint density at radius 2 is 2.04 bits per heavy atom. The third kappa shape index (κ3) is 2.76. The standard InChI is InChI=1S/C19H20FN3O/c20-19-15-7-9-21-11-14(15)5-6-16(19)22-18(24)12-23-10-8-13-3-1-2-4-17(13)23/h1-6,21H,7-12H2,(H,22,24). The van der Waals surface area contributed by atoms with Gasteiger partial charge in [-0.05, 0) is 48.2 Å². The number of hydrogen-bond donors (Lipinski definition) is 2. The summed E-state index contributed by atoms with van der Waals surface area (Å²) in [7, 11) is 0. The van der Waals surface area contributed by atoms with E-state index in [1.165, 1.54) is 5.56 Å². The number of halogens is 1. The minimum atomic E-state index is -0.288. The van der Waals surface area contributed by atoms with Crippen molar-refractivity contribution in [2.24, 2.45) is 0 Å². The van der Waals surface area contributed by atoms with E-state index in [2.05, 4.69) is 16.7 Å². The number of fused-ring (bicyclic) bond motifs is 2. The Kier molecular flexibility index (Phi) is 3.94. The van der Waals surface area contributed by atoms with Crippen LogP contribution in [0.1, 0.15) is 16.7 Å². The van der Waals surface area contributed by atoms with E-state index in [9.17, 15) is 9.18 Å². The van der Waals surface area contributed by atoms with Crippen LogP contribution >= 0.6 is 0 Å². The van der Waals surface area contributed by atoms with Crippen LogP contribution in [0.2, 0.25) is 0 Å². The smallest absolute Gasteiger partial charge is 0.243 e. The summed E-state index contributed by atoms with van der Waals surface area (Å²) in [5.74, 6) is -0.469. The van der Waals surface area contributed by atoms with E-state index in [1.54, 1.807) is 6.07 Å². The van der Waals surface area contributed by atoms with Crippen LogP contribution in [0.25, 0.3) is 0 Å². The number of carbonyl (C=O) groups excluding carboxylic acids is 1. The van der Waals surface area contributed by atoms with Gasteiger partial charge in [-0.2, -0.15) is 0 Å². The molecule has 0 bridgehead atoms. The quantitative estimate of drug-likeness (QED) is 0.911. The molecule has 2 N–H and O–H groups in total. The molecule has 0 aromatic heterocycles. The molecule has 0 radical (unpaired) electrons. The highest BCUT2D eigenvalue weighted by Gasteiger charge is 2.22. The van der Waals surface area contributed by atoms with Crippen LogP contribution in [0.5, 0.6) is 0 Å². The Morgan fingerprint density at radius 1 is 1.17 bits per heavy atom. The van der Waals surface area contributed by atoms with Gasteiger partial charge in [-0.3, -0.25) is 4.79 Å². The van der Waals surface area contributed by atoms with E-state index in [0.29, 0.717) is 13.0 Å². The average Bonchev–Trinajstić information content (AvgIpc) is 3.01. The lowest BCUT2D eigenvalue weighted by molar-refractivity contribution is -0.115. The maximum absolute atomic E-state index is 14.6. The van der Waals surface area contributed by atoms with Crippen LogP contribution in [0, 0.1) is 5.82 Å². The Hall–Kier alpha value is -2.40. The van der Waals surface area contributed by atoms with Crippen molar-refractivity contribution in [3.05, 3.63) is 58.9 Å². The Balaban J connectivity index is 1.47. The second kappa shape index (κ2) is 6.24. The first-order chi connectivity index (χ1) is 11.7. The van der Waals surface area contributed by atoms with Crippen molar-refractivity contribution in [3.8, 4) is 0 Å². The van der Waals surface area contributed by atoms with Crippen molar-refractivity contribution in [2.75, 3.05) is 29.9 Å². The molecule has 4 rings (SSSR count). The number of anilines is 2. The highest BCUT2D eigenvalue weighted by molar-refractivity contribution is 5.94. The van der Waals surface area contributed by atoms with E-state index in [0.717, 1.165) is 36.3 Å². The molecule has 1 amide bonds. The zero-order valence-electron chi connectivity index (χ0n) is 13.4. The maximum atomic E-state index is 14.6. The molecule has 2 aromatic carbocycles. The lowest BCUT2D eigenvalue weighted by Crippen LogP contribution is -2.32. The van der Waals surface area contributed by atoms with Gasteiger partial charge >= 0.3 is 0 Å². The summed E-state index contributed by atoms with van der Waals surface area (Å²) in [6, 6.07) is 11.7. The van der Waals surface area contributed by atoms with Gasteiger partial charge in [-0.15, -0.1) is 0 Å². The minimum absolute atomic E-state index is 0.181. The SMILES string of the molecule is O=C(CN1CCc2ccccc21)Nc1ccc2c(c1F)CCNC2. The molecule has 0 aliphatic carbocycles. The monoisotopic (exact) mass is 325 g/mol. The minimum Gasteiger partial charge on any atom is -0.362 e. The normalized spacial score (nSPS) is 15.8. The maximum Gasteiger partial charge on any atom is 0.243 e. The van der Waals surface area contributed by atoms with Gasteiger partial charge in [0.15, 0.2) is 0 Å². The van der Waals surface area contributed by atoms with E-state index in [-0.39, 0.29) is 24.0 Å². The molecule has 0 saturated carbocycles. The van der Waals surface area contributed by atoms with E-state index in [1.807, 2.05) is 29.2 Å². The lowest BCUT2D eigenvalue weighted by Gasteiger charge is -2.21. The number of carbonyl (C=O) groups is 1. The summed E-state index contributed by atoms with van der Waals surface area (Å²) in [6.07, 6.45) is 1.61. The topological polar surface area (TPSA) is 44.4 Å². The molecule has 2 heterocycles. The summed E-state index contributed by atoms with van der Waals surface area (Å²) in [5, 5.41) is 5.97. The van der Waals surface area contributed by atoms with Gasteiger partial charge in [0.2, 0.25) is 5.91 Å². The number of rotatable bonds is 3. The predicted octanol–water partition coefficient (Wildman–Crippen LogP) is 2.47.